The van der Waals surface area contributed by atoms with Gasteiger partial charge in [-0.1, -0.05) is 38.1 Å². The molecule has 1 aromatic heterocycles. The monoisotopic (exact) mass is 464 g/mol. The number of ether oxygens (including phenoxy) is 3. The van der Waals surface area contributed by atoms with Crippen LogP contribution in [0, 0.1) is 0 Å². The molecule has 0 saturated heterocycles. The van der Waals surface area contributed by atoms with E-state index in [2.05, 4.69) is 48.4 Å². The fourth-order valence-corrected chi connectivity index (χ4v) is 3.86. The molecule has 0 aliphatic heterocycles. The number of nitrogens with one attached hydrogen (secondary N) is 1. The van der Waals surface area contributed by atoms with E-state index in [1.807, 2.05) is 45.0 Å². The second-order valence-corrected chi connectivity index (χ2v) is 10.1. The Kier molecular flexibility index (Phi) is 6.55. The Balaban J connectivity index is 1.29. The first kappa shape index (κ1) is 23.7. The third-order valence-corrected chi connectivity index (χ3v) is 5.89. The van der Waals surface area contributed by atoms with Crippen molar-refractivity contribution in [3.05, 3.63) is 72.1 Å². The first-order valence-electron chi connectivity index (χ1n) is 11.5. The molecule has 1 aliphatic rings. The Morgan fingerprint density at radius 2 is 1.53 bits per heavy atom. The fraction of sp³-hybridized carbons (Fsp3) is 0.407. The van der Waals surface area contributed by atoms with Crippen molar-refractivity contribution in [3.8, 4) is 17.6 Å². The third kappa shape index (κ3) is 5.90. The van der Waals surface area contributed by atoms with Crippen LogP contribution in [0.25, 0.3) is 0 Å². The molecule has 1 amide bonds. The molecular formula is C27H32N2O5. The van der Waals surface area contributed by atoms with Crippen LogP contribution in [0.5, 0.6) is 17.6 Å². The lowest BCUT2D eigenvalue weighted by molar-refractivity contribution is 0.0363. The van der Waals surface area contributed by atoms with Gasteiger partial charge in [-0.15, -0.1) is 0 Å². The summed E-state index contributed by atoms with van der Waals surface area (Å²) < 4.78 is 22.1. The molecule has 0 radical (unpaired) electrons. The molecule has 2 aromatic carbocycles. The average Bonchev–Trinajstić information content (AvgIpc) is 3.25. The number of hydrogen-bond acceptors (Lipinski definition) is 6. The predicted octanol–water partition coefficient (Wildman–Crippen LogP) is 6.23. The van der Waals surface area contributed by atoms with Gasteiger partial charge in [-0.3, -0.25) is 0 Å². The van der Waals surface area contributed by atoms with Gasteiger partial charge in [0.15, 0.2) is 0 Å². The second kappa shape index (κ2) is 9.41. The summed E-state index contributed by atoms with van der Waals surface area (Å²) in [5, 5.41) is 2.89. The Morgan fingerprint density at radius 1 is 0.941 bits per heavy atom. The number of amides is 1. The van der Waals surface area contributed by atoms with Gasteiger partial charge >= 0.3 is 12.2 Å². The van der Waals surface area contributed by atoms with Crippen molar-refractivity contribution >= 4 is 6.09 Å². The van der Waals surface area contributed by atoms with Crippen LogP contribution < -0.4 is 14.8 Å². The van der Waals surface area contributed by atoms with Crippen LogP contribution >= 0.6 is 0 Å². The molecule has 0 atom stereocenters. The minimum atomic E-state index is -0.494. The summed E-state index contributed by atoms with van der Waals surface area (Å²) in [5.74, 6) is 1.50. The lowest BCUT2D eigenvalue weighted by Gasteiger charge is -2.36. The van der Waals surface area contributed by atoms with Crippen molar-refractivity contribution < 1.29 is 23.4 Å². The summed E-state index contributed by atoms with van der Waals surface area (Å²) in [6.07, 6.45) is 4.51. The van der Waals surface area contributed by atoms with E-state index in [4.69, 9.17) is 18.6 Å². The van der Waals surface area contributed by atoms with Gasteiger partial charge in [-0.05, 0) is 56.2 Å². The highest BCUT2D eigenvalue weighted by molar-refractivity contribution is 5.68. The van der Waals surface area contributed by atoms with Crippen LogP contribution in [0.4, 0.5) is 4.79 Å². The third-order valence-electron chi connectivity index (χ3n) is 5.89. The Morgan fingerprint density at radius 3 is 2.06 bits per heavy atom. The van der Waals surface area contributed by atoms with Gasteiger partial charge in [0.2, 0.25) is 0 Å². The van der Waals surface area contributed by atoms with Crippen molar-refractivity contribution in [2.75, 3.05) is 0 Å². The average molecular weight is 465 g/mol. The van der Waals surface area contributed by atoms with Gasteiger partial charge in [0.05, 0.1) is 6.20 Å². The number of rotatable bonds is 7. The van der Waals surface area contributed by atoms with E-state index in [9.17, 15) is 4.79 Å². The Hall–Kier alpha value is -3.48. The smallest absolute Gasteiger partial charge is 0.407 e. The van der Waals surface area contributed by atoms with Gasteiger partial charge in [-0.25, -0.2) is 4.79 Å². The van der Waals surface area contributed by atoms with Crippen LogP contribution in [0.2, 0.25) is 0 Å². The zero-order chi connectivity index (χ0) is 24.3. The van der Waals surface area contributed by atoms with Crippen molar-refractivity contribution in [3.63, 3.8) is 0 Å². The number of alkyl carbamates (subject to hydrolysis) is 1. The fourth-order valence-electron chi connectivity index (χ4n) is 3.86. The van der Waals surface area contributed by atoms with E-state index in [-0.39, 0.29) is 29.7 Å². The van der Waals surface area contributed by atoms with E-state index in [1.54, 1.807) is 6.20 Å². The zero-order valence-electron chi connectivity index (χ0n) is 20.3. The molecular weight excluding hydrogens is 432 g/mol. The minimum absolute atomic E-state index is 0.0913. The van der Waals surface area contributed by atoms with Gasteiger partial charge in [0.25, 0.3) is 0 Å². The van der Waals surface area contributed by atoms with Crippen molar-refractivity contribution in [1.29, 1.82) is 0 Å². The van der Waals surface area contributed by atoms with E-state index in [0.717, 1.165) is 24.2 Å². The van der Waals surface area contributed by atoms with Crippen molar-refractivity contribution in [1.82, 2.24) is 10.3 Å². The van der Waals surface area contributed by atoms with E-state index in [0.29, 0.717) is 5.75 Å². The lowest BCUT2D eigenvalue weighted by atomic mass is 9.78. The van der Waals surface area contributed by atoms with Crippen LogP contribution in [-0.4, -0.2) is 28.8 Å². The number of aromatic nitrogens is 1. The summed E-state index contributed by atoms with van der Waals surface area (Å²) in [6.45, 7) is 9.94. The molecule has 0 spiro atoms. The van der Waals surface area contributed by atoms with E-state index in [1.165, 1.54) is 11.8 Å². The van der Waals surface area contributed by atoms with E-state index < -0.39 is 5.60 Å². The largest absolute Gasteiger partial charge is 0.490 e. The molecule has 0 unspecified atom stereocenters. The maximum Gasteiger partial charge on any atom is 0.407 e. The highest BCUT2D eigenvalue weighted by Crippen LogP contribution is 2.34. The molecule has 0 bridgehead atoms. The highest BCUT2D eigenvalue weighted by Gasteiger charge is 2.33. The second-order valence-electron chi connectivity index (χ2n) is 10.1. The summed E-state index contributed by atoms with van der Waals surface area (Å²) in [4.78, 5) is 15.9. The molecule has 1 saturated carbocycles. The topological polar surface area (TPSA) is 82.8 Å². The number of carbonyl (C=O) groups is 1. The normalized spacial score (nSPS) is 18.0. The summed E-state index contributed by atoms with van der Waals surface area (Å²) in [5.41, 5.74) is 1.65. The summed E-state index contributed by atoms with van der Waals surface area (Å²) >= 11 is 0. The molecule has 1 N–H and O–H groups in total. The molecule has 1 heterocycles. The van der Waals surface area contributed by atoms with Crippen molar-refractivity contribution in [2.45, 2.75) is 70.6 Å². The first-order valence-corrected chi connectivity index (χ1v) is 11.5. The molecule has 1 aliphatic carbocycles. The number of benzene rings is 2. The minimum Gasteiger partial charge on any atom is -0.490 e. The SMILES string of the molecule is CC(C)(C)OC(=O)NC1CC(Oc2ccc(C(C)(C)c3ccc(Oc4ncco4)cc3)cc2)C1. The van der Waals surface area contributed by atoms with Crippen molar-refractivity contribution in [2.24, 2.45) is 0 Å². The molecule has 180 valence electrons. The first-order chi connectivity index (χ1) is 16.1. The molecule has 34 heavy (non-hydrogen) atoms. The van der Waals surface area contributed by atoms with Gasteiger partial charge < -0.3 is 23.9 Å². The summed E-state index contributed by atoms with van der Waals surface area (Å²) in [7, 11) is 0. The lowest BCUT2D eigenvalue weighted by Crippen LogP contribution is -2.50. The number of hydrogen-bond donors (Lipinski definition) is 1. The standard InChI is InChI=1S/C27H32N2O5/c1-26(2,3)34-24(30)29-20-16-23(17-20)32-21-10-6-18(7-11-21)27(4,5)19-8-12-22(13-9-19)33-25-28-14-15-31-25/h6-15,20,23H,16-17H2,1-5H3,(H,29,30). The van der Waals surface area contributed by atoms with Crippen LogP contribution in [0.1, 0.15) is 58.6 Å². The molecule has 7 heteroatoms. The molecule has 7 nitrogen and oxygen atoms in total. The summed E-state index contributed by atoms with van der Waals surface area (Å²) in [6, 6.07) is 16.2. The number of carbonyl (C=O) groups excluding carboxylic acids is 1. The van der Waals surface area contributed by atoms with Gasteiger partial charge in [0, 0.05) is 24.3 Å². The Labute approximate surface area is 200 Å². The molecule has 4 rings (SSSR count). The van der Waals surface area contributed by atoms with Gasteiger partial charge in [0.1, 0.15) is 29.5 Å². The highest BCUT2D eigenvalue weighted by atomic mass is 16.6. The number of oxazole rings is 1. The zero-order valence-corrected chi connectivity index (χ0v) is 20.3. The maximum atomic E-state index is 11.9. The molecule has 1 fully saturated rings. The Bertz CT molecular complexity index is 1080. The van der Waals surface area contributed by atoms with Gasteiger partial charge in [-0.2, -0.15) is 4.98 Å². The maximum absolute atomic E-state index is 11.9. The quantitative estimate of drug-likeness (QED) is 0.446. The van der Waals surface area contributed by atoms with Crippen LogP contribution in [0.3, 0.4) is 0 Å². The molecule has 3 aromatic rings. The van der Waals surface area contributed by atoms with Crippen LogP contribution in [-0.2, 0) is 10.2 Å². The van der Waals surface area contributed by atoms with E-state index >= 15 is 0 Å². The predicted molar refractivity (Wildman–Crippen MR) is 128 cm³/mol. The van der Waals surface area contributed by atoms with Crippen LogP contribution in [0.15, 0.2) is 65.4 Å². The number of nitrogens with zero attached hydrogens (tertiary/aromatic N) is 1.